The molecule has 0 bridgehead atoms. The van der Waals surface area contributed by atoms with Crippen molar-refractivity contribution in [2.24, 2.45) is 5.92 Å². The van der Waals surface area contributed by atoms with E-state index in [-0.39, 0.29) is 5.91 Å². The first-order chi connectivity index (χ1) is 9.52. The Hall–Kier alpha value is -1.03. The first-order valence-corrected chi connectivity index (χ1v) is 7.96. The van der Waals surface area contributed by atoms with Crippen molar-refractivity contribution in [1.29, 1.82) is 0 Å². The molecule has 4 heteroatoms. The topological polar surface area (TPSA) is 29.5 Å². The minimum absolute atomic E-state index is 0.0949. The lowest BCUT2D eigenvalue weighted by atomic mass is 10.1. The highest BCUT2D eigenvalue weighted by Crippen LogP contribution is 2.31. The summed E-state index contributed by atoms with van der Waals surface area (Å²) < 4.78 is 6.27. The summed E-state index contributed by atoms with van der Waals surface area (Å²) in [6, 6.07) is 6.01. The fraction of sp³-hybridized carbons (Fsp3) is 0.562. The summed E-state index contributed by atoms with van der Waals surface area (Å²) in [7, 11) is 1.61. The number of hydrogen-bond acceptors (Lipinski definition) is 2. The second-order valence-electron chi connectivity index (χ2n) is 5.76. The molecule has 1 aromatic rings. The molecular formula is C16H22BrNO2. The van der Waals surface area contributed by atoms with E-state index in [1.165, 1.54) is 0 Å². The van der Waals surface area contributed by atoms with E-state index in [9.17, 15) is 4.79 Å². The Morgan fingerprint density at radius 3 is 2.70 bits per heavy atom. The Kier molecular flexibility index (Phi) is 5.08. The Balaban J connectivity index is 2.18. The molecule has 0 radical (unpaired) electrons. The summed E-state index contributed by atoms with van der Waals surface area (Å²) in [5, 5.41) is 0. The Morgan fingerprint density at radius 2 is 2.15 bits per heavy atom. The number of rotatable bonds is 6. The fourth-order valence-corrected chi connectivity index (χ4v) is 2.57. The molecule has 0 heterocycles. The molecule has 3 nitrogen and oxygen atoms in total. The largest absolute Gasteiger partial charge is 0.496 e. The highest BCUT2D eigenvalue weighted by Gasteiger charge is 2.33. The molecule has 1 fully saturated rings. The predicted octanol–water partition coefficient (Wildman–Crippen LogP) is 4.11. The molecule has 2 rings (SSSR count). The van der Waals surface area contributed by atoms with Crippen LogP contribution in [0.4, 0.5) is 0 Å². The van der Waals surface area contributed by atoms with Gasteiger partial charge >= 0.3 is 0 Å². The molecule has 0 N–H and O–H groups in total. The monoisotopic (exact) mass is 339 g/mol. The van der Waals surface area contributed by atoms with E-state index >= 15 is 0 Å². The molecule has 0 unspecified atom stereocenters. The molecule has 0 aromatic heterocycles. The van der Waals surface area contributed by atoms with E-state index in [2.05, 4.69) is 29.8 Å². The third-order valence-corrected chi connectivity index (χ3v) is 4.08. The maximum atomic E-state index is 12.8. The number of carbonyl (C=O) groups is 1. The molecule has 0 spiro atoms. The summed E-state index contributed by atoms with van der Waals surface area (Å²) in [6.45, 7) is 5.21. The van der Waals surface area contributed by atoms with Crippen molar-refractivity contribution in [1.82, 2.24) is 4.90 Å². The van der Waals surface area contributed by atoms with Gasteiger partial charge in [-0.2, -0.15) is 0 Å². The molecule has 0 saturated heterocycles. The Labute approximate surface area is 129 Å². The van der Waals surface area contributed by atoms with Crippen LogP contribution < -0.4 is 4.74 Å². The van der Waals surface area contributed by atoms with E-state index in [0.717, 1.165) is 30.3 Å². The van der Waals surface area contributed by atoms with Crippen LogP contribution in [0.1, 0.15) is 43.5 Å². The molecule has 1 amide bonds. The van der Waals surface area contributed by atoms with Gasteiger partial charge in [-0.3, -0.25) is 4.79 Å². The van der Waals surface area contributed by atoms with Crippen molar-refractivity contribution in [2.45, 2.75) is 39.2 Å². The van der Waals surface area contributed by atoms with Crippen molar-refractivity contribution in [2.75, 3.05) is 13.7 Å². The van der Waals surface area contributed by atoms with Gasteiger partial charge in [-0.15, -0.1) is 0 Å². The van der Waals surface area contributed by atoms with Crippen LogP contribution in [-0.2, 0) is 0 Å². The second-order valence-corrected chi connectivity index (χ2v) is 6.67. The van der Waals surface area contributed by atoms with E-state index in [1.54, 1.807) is 7.11 Å². The number of nitrogens with zero attached hydrogens (tertiary/aromatic N) is 1. The molecule has 0 aliphatic heterocycles. The first kappa shape index (κ1) is 15.4. The van der Waals surface area contributed by atoms with Gasteiger partial charge in [0.05, 0.1) is 12.7 Å². The van der Waals surface area contributed by atoms with Crippen LogP contribution in [-0.4, -0.2) is 30.5 Å². The zero-order valence-corrected chi connectivity index (χ0v) is 13.9. The van der Waals surface area contributed by atoms with Gasteiger partial charge in [-0.25, -0.2) is 0 Å². The summed E-state index contributed by atoms with van der Waals surface area (Å²) >= 11 is 3.41. The molecule has 1 aromatic carbocycles. The van der Waals surface area contributed by atoms with Crippen molar-refractivity contribution in [3.05, 3.63) is 28.2 Å². The Morgan fingerprint density at radius 1 is 1.45 bits per heavy atom. The Bertz CT molecular complexity index is 483. The van der Waals surface area contributed by atoms with Gasteiger partial charge in [-0.05, 0) is 43.4 Å². The third kappa shape index (κ3) is 3.75. The number of hydrogen-bond donors (Lipinski definition) is 0. The van der Waals surface area contributed by atoms with Gasteiger partial charge in [0.25, 0.3) is 5.91 Å². The number of benzene rings is 1. The van der Waals surface area contributed by atoms with Gasteiger partial charge in [0.2, 0.25) is 0 Å². The maximum absolute atomic E-state index is 12.8. The van der Waals surface area contributed by atoms with Gasteiger partial charge in [0.1, 0.15) is 5.75 Å². The normalized spacial score (nSPS) is 14.4. The van der Waals surface area contributed by atoms with E-state index in [1.807, 2.05) is 23.1 Å². The zero-order chi connectivity index (χ0) is 14.7. The minimum Gasteiger partial charge on any atom is -0.496 e. The van der Waals surface area contributed by atoms with Gasteiger partial charge < -0.3 is 9.64 Å². The molecule has 110 valence electrons. The highest BCUT2D eigenvalue weighted by molar-refractivity contribution is 9.10. The van der Waals surface area contributed by atoms with Crippen LogP contribution >= 0.6 is 15.9 Å². The molecule has 20 heavy (non-hydrogen) atoms. The number of methoxy groups -OCH3 is 1. The molecular weight excluding hydrogens is 318 g/mol. The second kappa shape index (κ2) is 6.61. The number of carbonyl (C=O) groups excluding carboxylic acids is 1. The van der Waals surface area contributed by atoms with E-state index in [0.29, 0.717) is 23.3 Å². The van der Waals surface area contributed by atoms with Gasteiger partial charge in [0.15, 0.2) is 0 Å². The maximum Gasteiger partial charge on any atom is 0.257 e. The molecule has 1 saturated carbocycles. The van der Waals surface area contributed by atoms with Crippen molar-refractivity contribution in [3.63, 3.8) is 0 Å². The summed E-state index contributed by atoms with van der Waals surface area (Å²) in [4.78, 5) is 14.8. The van der Waals surface area contributed by atoms with Crippen molar-refractivity contribution >= 4 is 21.8 Å². The highest BCUT2D eigenvalue weighted by atomic mass is 79.9. The quantitative estimate of drug-likeness (QED) is 0.780. The van der Waals surface area contributed by atoms with Crippen LogP contribution in [0.3, 0.4) is 0 Å². The molecule has 0 atom stereocenters. The van der Waals surface area contributed by atoms with Crippen LogP contribution in [0.5, 0.6) is 5.75 Å². The SMILES string of the molecule is COc1cc(Br)ccc1C(=O)N(CCC(C)C)C1CC1. The first-order valence-electron chi connectivity index (χ1n) is 7.17. The lowest BCUT2D eigenvalue weighted by molar-refractivity contribution is 0.0732. The smallest absolute Gasteiger partial charge is 0.257 e. The summed E-state index contributed by atoms with van der Waals surface area (Å²) in [6.07, 6.45) is 3.30. The van der Waals surface area contributed by atoms with Gasteiger partial charge in [-0.1, -0.05) is 29.8 Å². The minimum atomic E-state index is 0.0949. The molecule has 1 aliphatic carbocycles. The average molecular weight is 340 g/mol. The van der Waals surface area contributed by atoms with Crippen molar-refractivity contribution in [3.8, 4) is 5.75 Å². The zero-order valence-electron chi connectivity index (χ0n) is 12.4. The van der Waals surface area contributed by atoms with E-state index < -0.39 is 0 Å². The summed E-state index contributed by atoms with van der Waals surface area (Å²) in [5.41, 5.74) is 0.659. The predicted molar refractivity (Wildman–Crippen MR) is 84.2 cm³/mol. The van der Waals surface area contributed by atoms with Gasteiger partial charge in [0, 0.05) is 17.1 Å². The lowest BCUT2D eigenvalue weighted by Crippen LogP contribution is -2.34. The number of amides is 1. The van der Waals surface area contributed by atoms with Crippen LogP contribution in [0.25, 0.3) is 0 Å². The lowest BCUT2D eigenvalue weighted by Gasteiger charge is -2.24. The van der Waals surface area contributed by atoms with Crippen molar-refractivity contribution < 1.29 is 9.53 Å². The summed E-state index contributed by atoms with van der Waals surface area (Å²) in [5.74, 6) is 1.34. The fourth-order valence-electron chi connectivity index (χ4n) is 2.23. The number of ether oxygens (including phenoxy) is 1. The number of halogens is 1. The van der Waals surface area contributed by atoms with E-state index in [4.69, 9.17) is 4.74 Å². The van der Waals surface area contributed by atoms with Crippen LogP contribution in [0.2, 0.25) is 0 Å². The standard InChI is InChI=1S/C16H22BrNO2/c1-11(2)8-9-18(13-5-6-13)16(19)14-7-4-12(17)10-15(14)20-3/h4,7,10-11,13H,5-6,8-9H2,1-3H3. The third-order valence-electron chi connectivity index (χ3n) is 3.59. The van der Waals surface area contributed by atoms with Crippen LogP contribution in [0, 0.1) is 5.92 Å². The average Bonchev–Trinajstić information content (AvgIpc) is 3.22. The molecule has 1 aliphatic rings. The van der Waals surface area contributed by atoms with Crippen LogP contribution in [0.15, 0.2) is 22.7 Å².